The predicted octanol–water partition coefficient (Wildman–Crippen LogP) is 3.78. The molecule has 23 heavy (non-hydrogen) atoms. The van der Waals surface area contributed by atoms with E-state index in [2.05, 4.69) is 0 Å². The molecule has 0 aromatic heterocycles. The smallest absolute Gasteiger partial charge is 0.302 e. The van der Waals surface area contributed by atoms with Gasteiger partial charge in [-0.2, -0.15) is 0 Å². The third-order valence-corrected chi connectivity index (χ3v) is 3.42. The number of benzene rings is 2. The summed E-state index contributed by atoms with van der Waals surface area (Å²) in [4.78, 5) is 10.8. The molecule has 0 spiro atoms. The van der Waals surface area contributed by atoms with Crippen LogP contribution < -0.4 is 4.74 Å². The Morgan fingerprint density at radius 2 is 1.61 bits per heavy atom. The number of hydrogen-bond acceptors (Lipinski definition) is 4. The molecule has 0 saturated carbocycles. The molecule has 0 aliphatic heterocycles. The highest BCUT2D eigenvalue weighted by Gasteiger charge is 2.23. The fraction of sp³-hybridized carbons (Fsp3) is 0.278. The lowest BCUT2D eigenvalue weighted by Gasteiger charge is -2.23. The Kier molecular flexibility index (Phi) is 5.34. The number of esters is 1. The zero-order valence-electron chi connectivity index (χ0n) is 13.1. The highest BCUT2D eigenvalue weighted by Crippen LogP contribution is 2.28. The number of aliphatic hydroxyl groups is 1. The minimum absolute atomic E-state index is 0.149. The molecule has 2 rings (SSSR count). The molecular weight excluding hydrogens is 299 g/mol. The molecule has 122 valence electrons. The van der Waals surface area contributed by atoms with E-state index in [1.165, 1.54) is 19.1 Å². The van der Waals surface area contributed by atoms with Crippen molar-refractivity contribution in [3.05, 3.63) is 59.9 Å². The Morgan fingerprint density at radius 3 is 2.13 bits per heavy atom. The summed E-state index contributed by atoms with van der Waals surface area (Å²) in [6.45, 7) is 3.14. The van der Waals surface area contributed by atoms with Gasteiger partial charge < -0.3 is 14.6 Å². The van der Waals surface area contributed by atoms with E-state index >= 15 is 0 Å². The maximum Gasteiger partial charge on any atom is 0.302 e. The van der Waals surface area contributed by atoms with Gasteiger partial charge in [-0.05, 0) is 48.9 Å². The molecule has 0 bridgehead atoms. The van der Waals surface area contributed by atoms with E-state index in [1.807, 2.05) is 0 Å². The van der Waals surface area contributed by atoms with Gasteiger partial charge in [0.2, 0.25) is 0 Å². The quantitative estimate of drug-likeness (QED) is 0.824. The maximum absolute atomic E-state index is 12.8. The topological polar surface area (TPSA) is 55.8 Å². The van der Waals surface area contributed by atoms with Gasteiger partial charge in [-0.15, -0.1) is 0 Å². The molecule has 0 radical (unpaired) electrons. The van der Waals surface area contributed by atoms with Crippen LogP contribution in [0.15, 0.2) is 48.5 Å². The van der Waals surface area contributed by atoms with Crippen LogP contribution in [0, 0.1) is 5.82 Å². The lowest BCUT2D eigenvalue weighted by molar-refractivity contribution is -0.142. The minimum Gasteiger partial charge on any atom is -0.466 e. The first-order valence-electron chi connectivity index (χ1n) is 7.26. The normalized spacial score (nSPS) is 13.2. The number of rotatable bonds is 6. The summed E-state index contributed by atoms with van der Waals surface area (Å²) in [5.74, 6) is 0.414. The Bertz CT molecular complexity index is 648. The third-order valence-electron chi connectivity index (χ3n) is 3.42. The van der Waals surface area contributed by atoms with E-state index in [0.29, 0.717) is 23.5 Å². The summed E-state index contributed by atoms with van der Waals surface area (Å²) >= 11 is 0. The summed E-state index contributed by atoms with van der Waals surface area (Å²) in [5.41, 5.74) is -0.416. The van der Waals surface area contributed by atoms with Gasteiger partial charge in [-0.1, -0.05) is 12.1 Å². The van der Waals surface area contributed by atoms with E-state index in [4.69, 9.17) is 9.47 Å². The van der Waals surface area contributed by atoms with Crippen molar-refractivity contribution < 1.29 is 23.8 Å². The van der Waals surface area contributed by atoms with Crippen LogP contribution >= 0.6 is 0 Å². The second-order valence-electron chi connectivity index (χ2n) is 5.44. The van der Waals surface area contributed by atoms with Gasteiger partial charge in [-0.3, -0.25) is 4.79 Å². The molecule has 4 nitrogen and oxygen atoms in total. The van der Waals surface area contributed by atoms with Crippen LogP contribution in [0.3, 0.4) is 0 Å². The van der Waals surface area contributed by atoms with Crippen LogP contribution in [0.1, 0.15) is 25.8 Å². The highest BCUT2D eigenvalue weighted by atomic mass is 19.1. The first-order chi connectivity index (χ1) is 10.9. The SMILES string of the molecule is CC(=O)OCCC(C)(O)c1ccc(Oc2ccc(F)cc2)cc1. The van der Waals surface area contributed by atoms with Crippen LogP contribution in [0.5, 0.6) is 11.5 Å². The molecule has 0 saturated heterocycles. The van der Waals surface area contributed by atoms with Crippen molar-refractivity contribution >= 4 is 5.97 Å². The van der Waals surface area contributed by atoms with Gasteiger partial charge in [0.1, 0.15) is 17.3 Å². The van der Waals surface area contributed by atoms with Gasteiger partial charge in [0, 0.05) is 13.3 Å². The molecule has 0 amide bonds. The van der Waals surface area contributed by atoms with Crippen molar-refractivity contribution in [2.75, 3.05) is 6.61 Å². The van der Waals surface area contributed by atoms with Crippen molar-refractivity contribution in [1.29, 1.82) is 0 Å². The summed E-state index contributed by atoms with van der Waals surface area (Å²) in [6.07, 6.45) is 0.296. The standard InChI is InChI=1S/C18H19FO4/c1-13(20)22-12-11-18(2,21)14-3-7-16(8-4-14)23-17-9-5-15(19)6-10-17/h3-10,21H,11-12H2,1-2H3. The zero-order valence-corrected chi connectivity index (χ0v) is 13.1. The van der Waals surface area contributed by atoms with Crippen molar-refractivity contribution in [2.24, 2.45) is 0 Å². The number of halogens is 1. The largest absolute Gasteiger partial charge is 0.466 e. The zero-order chi connectivity index (χ0) is 16.9. The molecule has 1 N–H and O–H groups in total. The summed E-state index contributed by atoms with van der Waals surface area (Å²) in [7, 11) is 0. The number of hydrogen-bond donors (Lipinski definition) is 1. The number of carbonyl (C=O) groups is 1. The molecule has 0 fully saturated rings. The van der Waals surface area contributed by atoms with E-state index in [-0.39, 0.29) is 18.4 Å². The summed E-state index contributed by atoms with van der Waals surface area (Å²) < 4.78 is 23.3. The lowest BCUT2D eigenvalue weighted by atomic mass is 9.93. The van der Waals surface area contributed by atoms with Crippen molar-refractivity contribution in [3.63, 3.8) is 0 Å². The van der Waals surface area contributed by atoms with E-state index in [0.717, 1.165) is 0 Å². The second-order valence-corrected chi connectivity index (χ2v) is 5.44. The molecular formula is C18H19FO4. The molecule has 0 heterocycles. The molecule has 5 heteroatoms. The third kappa shape index (κ3) is 5.07. The highest BCUT2D eigenvalue weighted by molar-refractivity contribution is 5.65. The van der Waals surface area contributed by atoms with Crippen LogP contribution in [0.25, 0.3) is 0 Å². The minimum atomic E-state index is -1.11. The van der Waals surface area contributed by atoms with E-state index < -0.39 is 5.60 Å². The van der Waals surface area contributed by atoms with Crippen LogP contribution in [-0.2, 0) is 15.1 Å². The molecule has 0 aliphatic carbocycles. The Balaban J connectivity index is 2.00. The monoisotopic (exact) mass is 318 g/mol. The van der Waals surface area contributed by atoms with Crippen molar-refractivity contribution in [3.8, 4) is 11.5 Å². The fourth-order valence-corrected chi connectivity index (χ4v) is 2.06. The second kappa shape index (κ2) is 7.24. The molecule has 1 atom stereocenters. The number of carbonyl (C=O) groups excluding carboxylic acids is 1. The van der Waals surface area contributed by atoms with E-state index in [9.17, 15) is 14.3 Å². The summed E-state index contributed by atoms with van der Waals surface area (Å²) in [5, 5.41) is 10.4. The number of ether oxygens (including phenoxy) is 2. The average Bonchev–Trinajstić information content (AvgIpc) is 2.49. The van der Waals surface area contributed by atoms with Gasteiger partial charge in [0.15, 0.2) is 0 Å². The van der Waals surface area contributed by atoms with Crippen molar-refractivity contribution in [2.45, 2.75) is 25.9 Å². The fourth-order valence-electron chi connectivity index (χ4n) is 2.06. The Hall–Kier alpha value is -2.40. The van der Waals surface area contributed by atoms with Gasteiger partial charge >= 0.3 is 5.97 Å². The van der Waals surface area contributed by atoms with Gasteiger partial charge in [-0.25, -0.2) is 4.39 Å². The van der Waals surface area contributed by atoms with Gasteiger partial charge in [0.25, 0.3) is 0 Å². The van der Waals surface area contributed by atoms with Crippen molar-refractivity contribution in [1.82, 2.24) is 0 Å². The lowest BCUT2D eigenvalue weighted by Crippen LogP contribution is -2.23. The average molecular weight is 318 g/mol. The first kappa shape index (κ1) is 17.0. The van der Waals surface area contributed by atoms with Gasteiger partial charge in [0.05, 0.1) is 12.2 Å². The molecule has 2 aromatic carbocycles. The molecule has 2 aromatic rings. The Labute approximate surface area is 134 Å². The Morgan fingerprint density at radius 1 is 1.09 bits per heavy atom. The maximum atomic E-state index is 12.8. The van der Waals surface area contributed by atoms with E-state index in [1.54, 1.807) is 43.3 Å². The van der Waals surface area contributed by atoms with Crippen LogP contribution in [0.2, 0.25) is 0 Å². The summed E-state index contributed by atoms with van der Waals surface area (Å²) in [6, 6.07) is 12.7. The molecule has 0 aliphatic rings. The molecule has 1 unspecified atom stereocenters. The van der Waals surface area contributed by atoms with Crippen LogP contribution in [-0.4, -0.2) is 17.7 Å². The first-order valence-corrected chi connectivity index (χ1v) is 7.26. The predicted molar refractivity (Wildman–Crippen MR) is 83.7 cm³/mol. The van der Waals surface area contributed by atoms with Crippen LogP contribution in [0.4, 0.5) is 4.39 Å².